The van der Waals surface area contributed by atoms with Crippen LogP contribution in [0.1, 0.15) is 16.7 Å². The largest absolute Gasteiger partial charge is 0.0985 e. The summed E-state index contributed by atoms with van der Waals surface area (Å²) >= 11 is 0. The molecule has 0 N–H and O–H groups in total. The highest BCUT2D eigenvalue weighted by atomic mass is 28.4. The highest BCUT2D eigenvalue weighted by Crippen LogP contribution is 2.38. The summed E-state index contributed by atoms with van der Waals surface area (Å²) < 4.78 is 0. The lowest BCUT2D eigenvalue weighted by atomic mass is 9.93. The van der Waals surface area contributed by atoms with Gasteiger partial charge >= 0.3 is 0 Å². The average Bonchev–Trinajstić information content (AvgIpc) is 3.02. The van der Waals surface area contributed by atoms with Crippen molar-refractivity contribution in [2.75, 3.05) is 0 Å². The van der Waals surface area contributed by atoms with Crippen LogP contribution in [0.4, 0.5) is 0 Å². The zero-order chi connectivity index (χ0) is 34.7. The molecule has 5 aromatic carbocycles. The second-order valence-electron chi connectivity index (χ2n) is 17.3. The first-order valence-electron chi connectivity index (χ1n) is 17.7. The molecule has 0 saturated heterocycles. The summed E-state index contributed by atoms with van der Waals surface area (Å²) in [7, 11) is -5.99. The summed E-state index contributed by atoms with van der Waals surface area (Å²) in [6.45, 7) is 29.1. The molecule has 0 bridgehead atoms. The molecule has 5 aromatic rings. The summed E-state index contributed by atoms with van der Waals surface area (Å²) in [5.41, 5.74) is 10.7. The van der Waals surface area contributed by atoms with E-state index in [1.807, 2.05) is 12.2 Å². The van der Waals surface area contributed by atoms with E-state index in [9.17, 15) is 0 Å². The Morgan fingerprint density at radius 2 is 1.19 bits per heavy atom. The third-order valence-electron chi connectivity index (χ3n) is 9.63. The van der Waals surface area contributed by atoms with Crippen LogP contribution in [0.2, 0.25) is 75.4 Å². The predicted octanol–water partition coefficient (Wildman–Crippen LogP) is 13.3. The van der Waals surface area contributed by atoms with Gasteiger partial charge in [-0.25, -0.2) is 0 Å². The van der Waals surface area contributed by atoms with Gasteiger partial charge in [0.2, 0.25) is 0 Å². The van der Waals surface area contributed by atoms with Gasteiger partial charge in [-0.2, -0.15) is 0 Å². The minimum atomic E-state index is -1.76. The highest BCUT2D eigenvalue weighted by molar-refractivity contribution is 7.14. The molecule has 0 nitrogen and oxygen atoms in total. The molecule has 0 saturated carbocycles. The van der Waals surface area contributed by atoms with Gasteiger partial charge in [0.05, 0.1) is 8.07 Å². The highest BCUT2D eigenvalue weighted by Gasteiger charge is 2.45. The van der Waals surface area contributed by atoms with E-state index < -0.39 is 32.3 Å². The molecule has 0 unspecified atom stereocenters. The summed E-state index contributed by atoms with van der Waals surface area (Å²) in [5.74, 6) is 0. The summed E-state index contributed by atoms with van der Waals surface area (Å²) in [4.78, 5) is 0. The fourth-order valence-corrected chi connectivity index (χ4v) is 41.4. The van der Waals surface area contributed by atoms with Crippen LogP contribution in [0.15, 0.2) is 116 Å². The molecule has 0 aliphatic carbocycles. The molecule has 0 heterocycles. The van der Waals surface area contributed by atoms with Crippen LogP contribution < -0.4 is 5.19 Å². The van der Waals surface area contributed by atoms with Crippen LogP contribution in [0, 0.1) is 0 Å². The molecule has 0 aliphatic heterocycles. The molecule has 0 amide bonds. The monoisotopic (exact) mass is 696 g/mol. The van der Waals surface area contributed by atoms with Crippen molar-refractivity contribution in [1.29, 1.82) is 0 Å². The van der Waals surface area contributed by atoms with Crippen LogP contribution in [0.25, 0.3) is 50.9 Å². The van der Waals surface area contributed by atoms with E-state index in [0.29, 0.717) is 0 Å². The number of hydrogen-bond acceptors (Lipinski definition) is 0. The lowest BCUT2D eigenvalue weighted by molar-refractivity contribution is 1.38. The molecule has 0 aliphatic rings. The molecule has 0 spiro atoms. The topological polar surface area (TPSA) is 0 Å². The molecule has 0 radical (unpaired) electrons. The number of rotatable bonds is 13. The number of fused-ring (bicyclic) bond motifs is 2. The number of hydrogen-bond donors (Lipinski definition) is 0. The fourth-order valence-electron chi connectivity index (χ4n) is 8.29. The first kappa shape index (κ1) is 36.0. The van der Waals surface area contributed by atoms with Gasteiger partial charge in [-0.1, -0.05) is 191 Å². The van der Waals surface area contributed by atoms with E-state index in [0.717, 1.165) is 5.56 Å². The molecule has 48 heavy (non-hydrogen) atoms. The smallest absolute Gasteiger partial charge is 0.0790 e. The van der Waals surface area contributed by atoms with E-state index in [2.05, 4.69) is 175 Å². The Balaban J connectivity index is 1.53. The van der Waals surface area contributed by atoms with Gasteiger partial charge in [0.15, 0.2) is 0 Å². The van der Waals surface area contributed by atoms with E-state index in [4.69, 9.17) is 0 Å². The van der Waals surface area contributed by atoms with E-state index >= 15 is 0 Å². The second-order valence-corrected chi connectivity index (χ2v) is 39.7. The number of allylic oxidation sites excluding steroid dienone is 1. The van der Waals surface area contributed by atoms with Crippen molar-refractivity contribution in [3.63, 3.8) is 0 Å². The summed E-state index contributed by atoms with van der Waals surface area (Å²) in [6, 6.07) is 37.9. The molecule has 4 heteroatoms. The van der Waals surface area contributed by atoms with Crippen LogP contribution in [-0.2, 0) is 0 Å². The van der Waals surface area contributed by atoms with Gasteiger partial charge in [-0.3, -0.25) is 0 Å². The first-order chi connectivity index (χ1) is 22.6. The lowest BCUT2D eigenvalue weighted by Crippen LogP contribution is -2.60. The zero-order valence-corrected chi connectivity index (χ0v) is 34.8. The van der Waals surface area contributed by atoms with Crippen molar-refractivity contribution < 1.29 is 0 Å². The third-order valence-corrected chi connectivity index (χ3v) is 33.0. The van der Waals surface area contributed by atoms with Gasteiger partial charge < -0.3 is 0 Å². The molecule has 0 fully saturated rings. The van der Waals surface area contributed by atoms with E-state index in [1.54, 1.807) is 5.19 Å². The summed E-state index contributed by atoms with van der Waals surface area (Å²) in [5, 5.41) is 6.87. The summed E-state index contributed by atoms with van der Waals surface area (Å²) in [6.07, 6.45) is 8.92. The molecular formula is C44H56Si4. The van der Waals surface area contributed by atoms with Crippen LogP contribution in [0.5, 0.6) is 0 Å². The van der Waals surface area contributed by atoms with Crippen molar-refractivity contribution >= 4 is 77.3 Å². The maximum absolute atomic E-state index is 4.04. The Bertz CT molecular complexity index is 1930. The minimum absolute atomic E-state index is 1.16. The van der Waals surface area contributed by atoms with Crippen molar-refractivity contribution in [2.45, 2.75) is 75.4 Å². The van der Waals surface area contributed by atoms with Crippen molar-refractivity contribution in [3.05, 3.63) is 133 Å². The lowest BCUT2D eigenvalue weighted by Gasteiger charge is -2.44. The molecule has 248 valence electrons. The molecule has 5 rings (SSSR count). The predicted molar refractivity (Wildman–Crippen MR) is 231 cm³/mol. The Labute approximate surface area is 295 Å². The van der Waals surface area contributed by atoms with Crippen molar-refractivity contribution in [1.82, 2.24) is 0 Å². The van der Waals surface area contributed by atoms with E-state index in [1.165, 1.54) is 66.8 Å². The molecular weight excluding hydrogens is 641 g/mol. The van der Waals surface area contributed by atoms with Crippen LogP contribution in [-0.4, -0.2) is 32.3 Å². The molecule has 0 atom stereocenters. The zero-order valence-electron chi connectivity index (χ0n) is 30.8. The SMILES string of the molecule is C=Cc1ccc([Si](C[Si](C)(C)C)(C[Si](C)(C)C)C[Si](C)(C)C/C=C/c2cc(-c3cccc4ccc(C=C)cc34)cc3ccccc23)cc1. The third kappa shape index (κ3) is 8.83. The average molecular weight is 697 g/mol. The van der Waals surface area contributed by atoms with Gasteiger partial charge in [0.1, 0.15) is 0 Å². The normalized spacial score (nSPS) is 13.0. The van der Waals surface area contributed by atoms with Gasteiger partial charge in [0, 0.05) is 24.2 Å². The fraction of sp³-hybridized carbons (Fsp3) is 0.273. The Morgan fingerprint density at radius 1 is 0.562 bits per heavy atom. The van der Waals surface area contributed by atoms with Gasteiger partial charge in [-0.15, -0.1) is 0 Å². The van der Waals surface area contributed by atoms with Crippen LogP contribution in [0.3, 0.4) is 0 Å². The Kier molecular flexibility index (Phi) is 10.7. The Morgan fingerprint density at radius 3 is 1.83 bits per heavy atom. The van der Waals surface area contributed by atoms with E-state index in [-0.39, 0.29) is 0 Å². The van der Waals surface area contributed by atoms with Crippen molar-refractivity contribution in [2.24, 2.45) is 0 Å². The second kappa shape index (κ2) is 14.3. The Hall–Kier alpha value is -3.29. The number of benzene rings is 5. The maximum Gasteiger partial charge on any atom is 0.0790 e. The maximum atomic E-state index is 4.04. The van der Waals surface area contributed by atoms with Gasteiger partial charge in [-0.05, 0) is 73.6 Å². The first-order valence-corrected chi connectivity index (χ1v) is 31.1. The quantitative estimate of drug-likeness (QED) is 0.108. The molecule has 0 aromatic heterocycles. The minimum Gasteiger partial charge on any atom is -0.0985 e. The van der Waals surface area contributed by atoms with Crippen LogP contribution >= 0.6 is 0 Å². The van der Waals surface area contributed by atoms with Crippen molar-refractivity contribution in [3.8, 4) is 11.1 Å². The standard InChI is InChI=1S/C44H56Si4/c1-11-35-23-26-41(27-24-35)48(32-45(3,4)5,33-46(6,7)8)34-47(9,10)28-16-19-39-31-40(30-38-17-13-14-20-42(38)39)43-21-15-18-37-25-22-36(12-2)29-44(37)43/h11-27,29-31H,1-2,28,32-34H2,3-10H3/b19-16+. The van der Waals surface area contributed by atoms with Gasteiger partial charge in [0.25, 0.3) is 0 Å².